The molecule has 2 N–H and O–H groups in total. The third-order valence-corrected chi connectivity index (χ3v) is 6.62. The van der Waals surface area contributed by atoms with Crippen LogP contribution in [0, 0.1) is 13.8 Å². The van der Waals surface area contributed by atoms with Crippen molar-refractivity contribution in [3.05, 3.63) is 92.5 Å². The molecule has 1 aliphatic rings. The first-order valence-electron chi connectivity index (χ1n) is 10.9. The molecule has 3 aromatic carbocycles. The molecule has 0 bridgehead atoms. The molecule has 8 heteroatoms. The largest absolute Gasteiger partial charge is 0.507 e. The Labute approximate surface area is 213 Å². The lowest BCUT2D eigenvalue weighted by Crippen LogP contribution is -2.29. The van der Waals surface area contributed by atoms with Crippen molar-refractivity contribution in [1.82, 2.24) is 0 Å². The first-order chi connectivity index (χ1) is 16.6. The highest BCUT2D eigenvalue weighted by atomic mass is 35.5. The highest BCUT2D eigenvalue weighted by Crippen LogP contribution is 2.44. The molecule has 0 aromatic heterocycles. The Kier molecular flexibility index (Phi) is 6.79. The summed E-state index contributed by atoms with van der Waals surface area (Å²) in [4.78, 5) is 28.0. The van der Waals surface area contributed by atoms with Crippen LogP contribution < -0.4 is 9.64 Å². The smallest absolute Gasteiger partial charge is 0.300 e. The number of hydrogen-bond donors (Lipinski definition) is 2. The van der Waals surface area contributed by atoms with Crippen molar-refractivity contribution < 1.29 is 24.5 Å². The van der Waals surface area contributed by atoms with Gasteiger partial charge >= 0.3 is 0 Å². The number of anilines is 1. The van der Waals surface area contributed by atoms with E-state index in [1.54, 1.807) is 31.2 Å². The third kappa shape index (κ3) is 4.47. The summed E-state index contributed by atoms with van der Waals surface area (Å²) in [6, 6.07) is 13.5. The molecule has 6 nitrogen and oxygen atoms in total. The van der Waals surface area contributed by atoms with Crippen molar-refractivity contribution in [2.45, 2.75) is 26.8 Å². The van der Waals surface area contributed by atoms with Crippen molar-refractivity contribution in [3.8, 4) is 11.5 Å². The number of aryl methyl sites for hydroxylation is 2. The van der Waals surface area contributed by atoms with E-state index < -0.39 is 17.7 Å². The zero-order valence-corrected chi connectivity index (χ0v) is 20.8. The van der Waals surface area contributed by atoms with Gasteiger partial charge in [-0.15, -0.1) is 0 Å². The maximum atomic E-state index is 13.3. The minimum Gasteiger partial charge on any atom is -0.507 e. The number of ketones is 1. The number of nitrogens with zero attached hydrogens (tertiary/aromatic N) is 1. The van der Waals surface area contributed by atoms with Crippen LogP contribution in [0.2, 0.25) is 10.0 Å². The molecule has 1 aliphatic heterocycles. The second kappa shape index (κ2) is 9.64. The first kappa shape index (κ1) is 24.6. The van der Waals surface area contributed by atoms with E-state index in [1.807, 2.05) is 26.0 Å². The molecule has 1 saturated heterocycles. The van der Waals surface area contributed by atoms with Crippen LogP contribution in [0.25, 0.3) is 5.76 Å². The monoisotopic (exact) mass is 511 g/mol. The molecule has 35 heavy (non-hydrogen) atoms. The Balaban J connectivity index is 1.96. The summed E-state index contributed by atoms with van der Waals surface area (Å²) >= 11 is 12.4. The molecule has 1 unspecified atom stereocenters. The van der Waals surface area contributed by atoms with Gasteiger partial charge in [-0.3, -0.25) is 14.5 Å². The van der Waals surface area contributed by atoms with Gasteiger partial charge < -0.3 is 14.9 Å². The molecule has 1 atom stereocenters. The normalized spacial score (nSPS) is 17.2. The highest BCUT2D eigenvalue weighted by molar-refractivity contribution is 6.51. The van der Waals surface area contributed by atoms with E-state index in [1.165, 1.54) is 23.1 Å². The van der Waals surface area contributed by atoms with Gasteiger partial charge in [0.2, 0.25) is 0 Å². The second-order valence-corrected chi connectivity index (χ2v) is 9.04. The van der Waals surface area contributed by atoms with Crippen LogP contribution in [0.3, 0.4) is 0 Å². The fourth-order valence-corrected chi connectivity index (χ4v) is 4.42. The zero-order valence-electron chi connectivity index (χ0n) is 19.3. The van der Waals surface area contributed by atoms with Gasteiger partial charge in [-0.25, -0.2) is 0 Å². The van der Waals surface area contributed by atoms with Crippen LogP contribution in [0.4, 0.5) is 5.69 Å². The number of aliphatic hydroxyl groups is 1. The van der Waals surface area contributed by atoms with Gasteiger partial charge in [0, 0.05) is 11.3 Å². The Morgan fingerprint density at radius 3 is 2.37 bits per heavy atom. The topological polar surface area (TPSA) is 87.1 Å². The molecule has 1 amide bonds. The first-order valence-corrected chi connectivity index (χ1v) is 11.7. The molecule has 1 heterocycles. The number of benzene rings is 3. The minimum absolute atomic E-state index is 0.0540. The van der Waals surface area contributed by atoms with Gasteiger partial charge in [-0.2, -0.15) is 0 Å². The summed E-state index contributed by atoms with van der Waals surface area (Å²) in [7, 11) is 0. The highest BCUT2D eigenvalue weighted by Gasteiger charge is 2.47. The van der Waals surface area contributed by atoms with Gasteiger partial charge in [-0.1, -0.05) is 35.3 Å². The Morgan fingerprint density at radius 2 is 1.71 bits per heavy atom. The van der Waals surface area contributed by atoms with Crippen molar-refractivity contribution in [1.29, 1.82) is 0 Å². The van der Waals surface area contributed by atoms with Gasteiger partial charge in [0.05, 0.1) is 28.3 Å². The molecule has 180 valence electrons. The predicted octanol–water partition coefficient (Wildman–Crippen LogP) is 6.34. The number of carbonyl (C=O) groups excluding carboxylic acids is 2. The van der Waals surface area contributed by atoms with Gasteiger partial charge in [0.1, 0.15) is 17.3 Å². The standard InChI is InChI=1S/C27H23Cl2NO5/c1-4-35-22-13-17(6-9-19(22)28)25(32)23-24(16-7-10-21(31)20(29)12-16)30(27(34)26(23)33)18-8-5-14(2)15(3)11-18/h5-13,24,31-32H,4H2,1-3H3/b25-23+. The van der Waals surface area contributed by atoms with E-state index in [9.17, 15) is 19.8 Å². The molecule has 3 aromatic rings. The summed E-state index contributed by atoms with van der Waals surface area (Å²) in [5.74, 6) is -1.81. The fraction of sp³-hybridized carbons (Fsp3) is 0.185. The fourth-order valence-electron chi connectivity index (χ4n) is 4.06. The van der Waals surface area contributed by atoms with Crippen LogP contribution in [0.1, 0.15) is 35.2 Å². The number of halogens is 2. The van der Waals surface area contributed by atoms with E-state index in [0.29, 0.717) is 28.6 Å². The number of phenolic OH excluding ortho intramolecular Hbond substituents is 1. The number of phenols is 1. The Hall–Kier alpha value is -3.48. The molecule has 4 rings (SSSR count). The lowest BCUT2D eigenvalue weighted by Gasteiger charge is -2.26. The molecule has 0 aliphatic carbocycles. The molecule has 1 fully saturated rings. The molecule has 0 spiro atoms. The average Bonchev–Trinajstić information content (AvgIpc) is 3.09. The third-order valence-electron chi connectivity index (χ3n) is 6.01. The second-order valence-electron chi connectivity index (χ2n) is 8.23. The van der Waals surface area contributed by atoms with E-state index in [4.69, 9.17) is 27.9 Å². The maximum absolute atomic E-state index is 13.3. The quantitative estimate of drug-likeness (QED) is 0.237. The predicted molar refractivity (Wildman–Crippen MR) is 136 cm³/mol. The molecular formula is C27H23Cl2NO5. The Bertz CT molecular complexity index is 1380. The van der Waals surface area contributed by atoms with Gasteiger partial charge in [-0.05, 0) is 79.9 Å². The molecule has 0 radical (unpaired) electrons. The molecule has 0 saturated carbocycles. The maximum Gasteiger partial charge on any atom is 0.300 e. The summed E-state index contributed by atoms with van der Waals surface area (Å²) in [6.45, 7) is 6.01. The Morgan fingerprint density at radius 1 is 0.971 bits per heavy atom. The lowest BCUT2D eigenvalue weighted by atomic mass is 9.94. The number of aliphatic hydroxyl groups excluding tert-OH is 1. The number of aromatic hydroxyl groups is 1. The molecular weight excluding hydrogens is 489 g/mol. The number of rotatable bonds is 5. The average molecular weight is 512 g/mol. The van der Waals surface area contributed by atoms with E-state index in [0.717, 1.165) is 11.1 Å². The minimum atomic E-state index is -0.985. The number of Topliss-reactive ketones (excluding diaryl/α,β-unsaturated/α-hetero) is 1. The van der Waals surface area contributed by atoms with Crippen molar-refractivity contribution in [2.24, 2.45) is 0 Å². The van der Waals surface area contributed by atoms with Crippen LogP contribution in [0.5, 0.6) is 11.5 Å². The summed E-state index contributed by atoms with van der Waals surface area (Å²) in [6.07, 6.45) is 0. The number of amides is 1. The van der Waals surface area contributed by atoms with Crippen molar-refractivity contribution in [2.75, 3.05) is 11.5 Å². The SMILES string of the molecule is CCOc1cc(/C(O)=C2\C(=O)C(=O)N(c3ccc(C)c(C)c3)C2c2ccc(O)c(Cl)c2)ccc1Cl. The number of hydrogen-bond acceptors (Lipinski definition) is 5. The van der Waals surface area contributed by atoms with Crippen LogP contribution >= 0.6 is 23.2 Å². The van der Waals surface area contributed by atoms with Crippen LogP contribution in [-0.2, 0) is 9.59 Å². The van der Waals surface area contributed by atoms with Crippen molar-refractivity contribution in [3.63, 3.8) is 0 Å². The number of ether oxygens (including phenoxy) is 1. The summed E-state index contributed by atoms with van der Waals surface area (Å²) < 4.78 is 5.52. The van der Waals surface area contributed by atoms with Gasteiger partial charge in [0.25, 0.3) is 11.7 Å². The lowest BCUT2D eigenvalue weighted by molar-refractivity contribution is -0.132. The van der Waals surface area contributed by atoms with Crippen LogP contribution in [-0.4, -0.2) is 28.5 Å². The summed E-state index contributed by atoms with van der Waals surface area (Å²) in [5, 5.41) is 21.6. The number of carbonyl (C=O) groups is 2. The summed E-state index contributed by atoms with van der Waals surface area (Å²) in [5.41, 5.74) is 3.07. The van der Waals surface area contributed by atoms with Gasteiger partial charge in [0.15, 0.2) is 0 Å². The van der Waals surface area contributed by atoms with E-state index in [-0.39, 0.29) is 27.7 Å². The van der Waals surface area contributed by atoms with Crippen LogP contribution in [0.15, 0.2) is 60.2 Å². The van der Waals surface area contributed by atoms with Crippen molar-refractivity contribution >= 4 is 46.3 Å². The van der Waals surface area contributed by atoms with E-state index in [2.05, 4.69) is 0 Å². The zero-order chi connectivity index (χ0) is 25.4. The van der Waals surface area contributed by atoms with E-state index >= 15 is 0 Å².